The molecular formula is C17H14O5. The van der Waals surface area contributed by atoms with Crippen molar-refractivity contribution in [1.29, 1.82) is 0 Å². The Morgan fingerprint density at radius 1 is 1.23 bits per heavy atom. The lowest BCUT2D eigenvalue weighted by Crippen LogP contribution is -2.40. The summed E-state index contributed by atoms with van der Waals surface area (Å²) in [5, 5.41) is 11.1. The summed E-state index contributed by atoms with van der Waals surface area (Å²) in [6.45, 7) is 1.58. The second kappa shape index (κ2) is 4.48. The molecule has 0 saturated carbocycles. The number of rotatable bonds is 1. The van der Waals surface area contributed by atoms with Gasteiger partial charge in [-0.2, -0.15) is 0 Å². The maximum absolute atomic E-state index is 12.4. The van der Waals surface area contributed by atoms with Crippen molar-refractivity contribution >= 4 is 11.0 Å². The van der Waals surface area contributed by atoms with E-state index >= 15 is 0 Å². The third-order valence-corrected chi connectivity index (χ3v) is 3.94. The predicted octanol–water partition coefficient (Wildman–Crippen LogP) is 3.01. The Bertz CT molecular complexity index is 889. The molecular weight excluding hydrogens is 284 g/mol. The minimum Gasteiger partial charge on any atom is -0.469 e. The summed E-state index contributed by atoms with van der Waals surface area (Å²) in [4.78, 5) is 12.4. The zero-order valence-electron chi connectivity index (χ0n) is 11.9. The Kier molecular flexibility index (Phi) is 2.68. The number of furan rings is 1. The van der Waals surface area contributed by atoms with E-state index in [1.807, 2.05) is 6.07 Å². The minimum absolute atomic E-state index is 0.219. The first kappa shape index (κ1) is 13.2. The fourth-order valence-corrected chi connectivity index (χ4v) is 3.02. The highest BCUT2D eigenvalue weighted by Gasteiger charge is 2.41. The molecule has 1 N–H and O–H groups in total. The van der Waals surface area contributed by atoms with Crippen LogP contribution in [0.5, 0.6) is 5.75 Å². The second-order valence-corrected chi connectivity index (χ2v) is 5.68. The fraction of sp³-hybridized carbons (Fsp3) is 0.235. The standard InChI is InChI=1S/C17H14O5/c1-17(19)9-11(12-7-4-8-20-12)14-15(22-17)10-5-2-3-6-13(10)21-16(14)18/h2-8,11,19H,9H2,1H3. The van der Waals surface area contributed by atoms with Gasteiger partial charge >= 0.3 is 5.63 Å². The van der Waals surface area contributed by atoms with Crippen LogP contribution in [0.2, 0.25) is 0 Å². The van der Waals surface area contributed by atoms with E-state index in [-0.39, 0.29) is 6.42 Å². The van der Waals surface area contributed by atoms with Gasteiger partial charge in [0.05, 0.1) is 23.1 Å². The Morgan fingerprint density at radius 2 is 2.05 bits per heavy atom. The van der Waals surface area contributed by atoms with Gasteiger partial charge in [-0.3, -0.25) is 0 Å². The second-order valence-electron chi connectivity index (χ2n) is 5.68. The van der Waals surface area contributed by atoms with Crippen LogP contribution in [0.1, 0.15) is 30.6 Å². The molecule has 2 atom stereocenters. The van der Waals surface area contributed by atoms with Gasteiger partial charge in [-0.15, -0.1) is 0 Å². The van der Waals surface area contributed by atoms with Crippen LogP contribution in [0.3, 0.4) is 0 Å². The minimum atomic E-state index is -1.39. The van der Waals surface area contributed by atoms with Crippen molar-refractivity contribution in [2.45, 2.75) is 25.0 Å². The van der Waals surface area contributed by atoms with E-state index in [1.54, 1.807) is 43.5 Å². The van der Waals surface area contributed by atoms with Gasteiger partial charge in [0, 0.05) is 13.3 Å². The molecule has 22 heavy (non-hydrogen) atoms. The molecule has 0 amide bonds. The van der Waals surface area contributed by atoms with E-state index in [0.29, 0.717) is 28.0 Å². The van der Waals surface area contributed by atoms with Gasteiger partial charge < -0.3 is 18.7 Å². The predicted molar refractivity (Wildman–Crippen MR) is 78.9 cm³/mol. The van der Waals surface area contributed by atoms with Gasteiger partial charge in [-0.1, -0.05) is 12.1 Å². The van der Waals surface area contributed by atoms with E-state index < -0.39 is 17.3 Å². The van der Waals surface area contributed by atoms with Crippen LogP contribution in [0, 0.1) is 0 Å². The molecule has 3 heterocycles. The van der Waals surface area contributed by atoms with Gasteiger partial charge in [-0.25, -0.2) is 4.79 Å². The summed E-state index contributed by atoms with van der Waals surface area (Å²) in [5.74, 6) is -0.826. The molecule has 0 aliphatic carbocycles. The van der Waals surface area contributed by atoms with Crippen LogP contribution < -0.4 is 10.4 Å². The van der Waals surface area contributed by atoms with Gasteiger partial charge in [-0.05, 0) is 24.3 Å². The Labute approximate surface area is 125 Å². The molecule has 2 unspecified atom stereocenters. The maximum atomic E-state index is 12.4. The molecule has 3 aromatic rings. The number of benzene rings is 1. The normalized spacial score (nSPS) is 24.0. The van der Waals surface area contributed by atoms with Crippen molar-refractivity contribution in [3.63, 3.8) is 0 Å². The lowest BCUT2D eigenvalue weighted by atomic mass is 9.87. The highest BCUT2D eigenvalue weighted by atomic mass is 16.6. The molecule has 1 aliphatic heterocycles. The molecule has 4 rings (SSSR count). The van der Waals surface area contributed by atoms with Crippen LogP contribution in [0.4, 0.5) is 0 Å². The van der Waals surface area contributed by atoms with Crippen molar-refractivity contribution in [2.24, 2.45) is 0 Å². The molecule has 5 heteroatoms. The Morgan fingerprint density at radius 3 is 2.82 bits per heavy atom. The average molecular weight is 298 g/mol. The quantitative estimate of drug-likeness (QED) is 0.699. The van der Waals surface area contributed by atoms with Crippen LogP contribution >= 0.6 is 0 Å². The summed E-state index contributed by atoms with van der Waals surface area (Å²) >= 11 is 0. The van der Waals surface area contributed by atoms with Crippen molar-refractivity contribution in [2.75, 3.05) is 0 Å². The largest absolute Gasteiger partial charge is 0.469 e. The number of hydrogen-bond donors (Lipinski definition) is 1. The number of fused-ring (bicyclic) bond motifs is 3. The summed E-state index contributed by atoms with van der Waals surface area (Å²) < 4.78 is 16.5. The SMILES string of the molecule is CC1(O)CC(c2ccco2)c2c(c3ccccc3oc2=O)O1. The Balaban J connectivity index is 2.05. The topological polar surface area (TPSA) is 72.8 Å². The average Bonchev–Trinajstić information content (AvgIpc) is 2.99. The number of ether oxygens (including phenoxy) is 1. The Hall–Kier alpha value is -2.53. The fourth-order valence-electron chi connectivity index (χ4n) is 3.02. The van der Waals surface area contributed by atoms with Crippen molar-refractivity contribution in [1.82, 2.24) is 0 Å². The molecule has 5 nitrogen and oxygen atoms in total. The maximum Gasteiger partial charge on any atom is 0.343 e. The number of para-hydroxylation sites is 1. The van der Waals surface area contributed by atoms with E-state index in [4.69, 9.17) is 13.6 Å². The highest BCUT2D eigenvalue weighted by Crippen LogP contribution is 2.44. The summed E-state index contributed by atoms with van der Waals surface area (Å²) in [6, 6.07) is 10.6. The van der Waals surface area contributed by atoms with Gasteiger partial charge in [0.15, 0.2) is 0 Å². The summed E-state index contributed by atoms with van der Waals surface area (Å²) in [7, 11) is 0. The lowest BCUT2D eigenvalue weighted by molar-refractivity contribution is -0.137. The highest BCUT2D eigenvalue weighted by molar-refractivity contribution is 5.85. The smallest absolute Gasteiger partial charge is 0.343 e. The number of aliphatic hydroxyl groups is 1. The zero-order valence-corrected chi connectivity index (χ0v) is 11.9. The van der Waals surface area contributed by atoms with E-state index in [2.05, 4.69) is 0 Å². The third-order valence-electron chi connectivity index (χ3n) is 3.94. The number of hydrogen-bond acceptors (Lipinski definition) is 5. The summed E-state index contributed by atoms with van der Waals surface area (Å²) in [5.41, 5.74) is 0.355. The zero-order chi connectivity index (χ0) is 15.3. The first-order chi connectivity index (χ1) is 10.6. The van der Waals surface area contributed by atoms with Crippen LogP contribution in [-0.4, -0.2) is 10.9 Å². The van der Waals surface area contributed by atoms with Crippen LogP contribution in [0.25, 0.3) is 11.0 Å². The molecule has 1 aromatic carbocycles. The monoisotopic (exact) mass is 298 g/mol. The van der Waals surface area contributed by atoms with Gasteiger partial charge in [0.25, 0.3) is 0 Å². The van der Waals surface area contributed by atoms with Crippen molar-refractivity contribution in [3.8, 4) is 5.75 Å². The molecule has 0 saturated heterocycles. The molecule has 112 valence electrons. The molecule has 0 bridgehead atoms. The molecule has 0 radical (unpaired) electrons. The first-order valence-electron chi connectivity index (χ1n) is 7.06. The van der Waals surface area contributed by atoms with Gasteiger partial charge in [0.2, 0.25) is 5.79 Å². The van der Waals surface area contributed by atoms with Crippen LogP contribution in [-0.2, 0) is 0 Å². The molecule has 1 aliphatic rings. The first-order valence-corrected chi connectivity index (χ1v) is 7.06. The van der Waals surface area contributed by atoms with Crippen molar-refractivity contribution < 1.29 is 18.7 Å². The van der Waals surface area contributed by atoms with Crippen molar-refractivity contribution in [3.05, 3.63) is 64.4 Å². The lowest BCUT2D eigenvalue weighted by Gasteiger charge is -2.35. The van der Waals surface area contributed by atoms with E-state index in [0.717, 1.165) is 0 Å². The summed E-state index contributed by atoms with van der Waals surface area (Å²) in [6.07, 6.45) is 1.76. The molecule has 0 spiro atoms. The molecule has 0 fully saturated rings. The van der Waals surface area contributed by atoms with E-state index in [9.17, 15) is 9.90 Å². The molecule has 2 aromatic heterocycles. The third kappa shape index (κ3) is 1.94. The van der Waals surface area contributed by atoms with Crippen LogP contribution in [0.15, 0.2) is 56.3 Å². The van der Waals surface area contributed by atoms with E-state index in [1.165, 1.54) is 0 Å². The van der Waals surface area contributed by atoms with Gasteiger partial charge in [0.1, 0.15) is 17.1 Å².